The highest BCUT2D eigenvalue weighted by atomic mass is 16.3. The first kappa shape index (κ1) is 25.0. The van der Waals surface area contributed by atoms with Gasteiger partial charge in [0.25, 0.3) is 0 Å². The largest absolute Gasteiger partial charge is 0.505 e. The number of benzene rings is 2. The van der Waals surface area contributed by atoms with Gasteiger partial charge < -0.3 is 5.11 Å². The number of aromatic nitrogens is 3. The zero-order valence-electron chi connectivity index (χ0n) is 20.6. The van der Waals surface area contributed by atoms with Crippen LogP contribution in [0.3, 0.4) is 0 Å². The average Bonchev–Trinajstić information content (AvgIpc) is 3.25. The Morgan fingerprint density at radius 3 is 1.91 bits per heavy atom. The smallest absolute Gasteiger partial charge is 0.150 e. The van der Waals surface area contributed by atoms with Crippen LogP contribution in [0.2, 0.25) is 0 Å². The molecule has 0 radical (unpaired) electrons. The van der Waals surface area contributed by atoms with Crippen molar-refractivity contribution in [3.05, 3.63) is 53.6 Å². The van der Waals surface area contributed by atoms with Gasteiger partial charge in [-0.2, -0.15) is 0 Å². The maximum absolute atomic E-state index is 10.8. The summed E-state index contributed by atoms with van der Waals surface area (Å²) in [5.41, 5.74) is 4.17. The van der Waals surface area contributed by atoms with Crippen molar-refractivity contribution >= 4 is 17.1 Å². The van der Waals surface area contributed by atoms with Crippen LogP contribution in [0.15, 0.2) is 42.5 Å². The second-order valence-corrected chi connectivity index (χ2v) is 9.28. The van der Waals surface area contributed by atoms with Crippen LogP contribution in [-0.2, 0) is 0 Å². The Hall–Kier alpha value is -2.62. The number of unbranched alkanes of at least 4 members (excludes halogenated alkanes) is 12. The number of allylic oxidation sites excluding steroid dienone is 1. The molecule has 4 heteroatoms. The minimum Gasteiger partial charge on any atom is -0.505 e. The Kier molecular flexibility index (Phi) is 10.5. The molecule has 0 bridgehead atoms. The summed E-state index contributed by atoms with van der Waals surface area (Å²) in [7, 11) is 0. The van der Waals surface area contributed by atoms with Gasteiger partial charge in [-0.3, -0.25) is 0 Å². The minimum atomic E-state index is 0.229. The van der Waals surface area contributed by atoms with Crippen LogP contribution in [0.1, 0.15) is 102 Å². The lowest BCUT2D eigenvalue weighted by Crippen LogP contribution is -2.00. The maximum atomic E-state index is 10.8. The van der Waals surface area contributed by atoms with Crippen LogP contribution in [0.25, 0.3) is 22.8 Å². The van der Waals surface area contributed by atoms with E-state index in [-0.39, 0.29) is 5.75 Å². The summed E-state index contributed by atoms with van der Waals surface area (Å²) in [4.78, 5) is 1.54. The third kappa shape index (κ3) is 8.03. The maximum Gasteiger partial charge on any atom is 0.150 e. The topological polar surface area (TPSA) is 50.9 Å². The van der Waals surface area contributed by atoms with Gasteiger partial charge in [0.1, 0.15) is 22.5 Å². The average molecular weight is 448 g/mol. The van der Waals surface area contributed by atoms with Gasteiger partial charge >= 0.3 is 0 Å². The van der Waals surface area contributed by atoms with Gasteiger partial charge in [0.2, 0.25) is 0 Å². The molecule has 2 aromatic carbocycles. The number of fused-ring (bicyclic) bond motifs is 1. The van der Waals surface area contributed by atoms with Crippen LogP contribution in [0.5, 0.6) is 5.75 Å². The number of nitrogens with zero attached hydrogens (tertiary/aromatic N) is 3. The van der Waals surface area contributed by atoms with Crippen molar-refractivity contribution in [2.24, 2.45) is 0 Å². The fourth-order valence-electron chi connectivity index (χ4n) is 4.35. The molecule has 1 aromatic heterocycles. The molecule has 0 saturated heterocycles. The first-order valence-corrected chi connectivity index (χ1v) is 13.0. The minimum absolute atomic E-state index is 0.229. The lowest BCUT2D eigenvalue weighted by atomic mass is 10.0. The standard InChI is InChI=1S/C29H41N3O/c1-3-4-5-6-7-8-9-10-11-12-13-14-15-16-19-25-22-24(2)23-28(29(25)33)32-30-26-20-17-18-21-27(26)31-32/h16-23,33H,3-15H2,1-2H3. The normalized spacial score (nSPS) is 11.7. The van der Waals surface area contributed by atoms with Gasteiger partial charge in [-0.1, -0.05) is 102 Å². The molecule has 3 rings (SSSR count). The highest BCUT2D eigenvalue weighted by molar-refractivity contribution is 5.74. The van der Waals surface area contributed by atoms with E-state index in [1.54, 1.807) is 0 Å². The quantitative estimate of drug-likeness (QED) is 0.237. The zero-order chi connectivity index (χ0) is 23.3. The van der Waals surface area contributed by atoms with E-state index in [4.69, 9.17) is 0 Å². The van der Waals surface area contributed by atoms with Crippen molar-refractivity contribution in [3.8, 4) is 11.4 Å². The summed E-state index contributed by atoms with van der Waals surface area (Å²) in [5.74, 6) is 0.229. The lowest BCUT2D eigenvalue weighted by molar-refractivity contribution is 0.466. The molecule has 0 aliphatic carbocycles. The molecule has 0 aliphatic rings. The summed E-state index contributed by atoms with van der Waals surface area (Å²) in [6.45, 7) is 4.31. The van der Waals surface area contributed by atoms with E-state index in [0.717, 1.165) is 28.6 Å². The summed E-state index contributed by atoms with van der Waals surface area (Å²) >= 11 is 0. The molecule has 0 spiro atoms. The molecular weight excluding hydrogens is 406 g/mol. The van der Waals surface area contributed by atoms with Gasteiger partial charge in [0.15, 0.2) is 0 Å². The number of hydrogen-bond donors (Lipinski definition) is 1. The van der Waals surface area contributed by atoms with Crippen LogP contribution in [0, 0.1) is 6.92 Å². The van der Waals surface area contributed by atoms with E-state index in [1.165, 1.54) is 81.8 Å². The lowest BCUT2D eigenvalue weighted by Gasteiger charge is -2.08. The monoisotopic (exact) mass is 447 g/mol. The molecule has 0 unspecified atom stereocenters. The van der Waals surface area contributed by atoms with Crippen molar-refractivity contribution in [1.82, 2.24) is 15.0 Å². The fraction of sp³-hybridized carbons (Fsp3) is 0.517. The highest BCUT2D eigenvalue weighted by Crippen LogP contribution is 2.29. The van der Waals surface area contributed by atoms with Crippen molar-refractivity contribution in [3.63, 3.8) is 0 Å². The molecule has 3 aromatic rings. The SMILES string of the molecule is CCCCCCCCCCCCCCC=Cc1cc(C)cc(-n2nc3ccccc3n2)c1O. The van der Waals surface area contributed by atoms with Crippen LogP contribution >= 0.6 is 0 Å². The summed E-state index contributed by atoms with van der Waals surface area (Å²) < 4.78 is 0. The molecule has 1 N–H and O–H groups in total. The number of rotatable bonds is 15. The number of phenols is 1. The first-order valence-electron chi connectivity index (χ1n) is 13.0. The van der Waals surface area contributed by atoms with Crippen molar-refractivity contribution in [1.29, 1.82) is 0 Å². The third-order valence-corrected chi connectivity index (χ3v) is 6.29. The predicted molar refractivity (Wildman–Crippen MR) is 140 cm³/mol. The Labute approximate surface area is 199 Å². The van der Waals surface area contributed by atoms with E-state index in [0.29, 0.717) is 5.69 Å². The highest BCUT2D eigenvalue weighted by Gasteiger charge is 2.12. The zero-order valence-corrected chi connectivity index (χ0v) is 20.6. The third-order valence-electron chi connectivity index (χ3n) is 6.29. The molecule has 0 atom stereocenters. The molecule has 0 fully saturated rings. The van der Waals surface area contributed by atoms with E-state index in [1.807, 2.05) is 49.4 Å². The summed E-state index contributed by atoms with van der Waals surface area (Å²) in [5, 5.41) is 19.9. The summed E-state index contributed by atoms with van der Waals surface area (Å²) in [6.07, 6.45) is 21.7. The van der Waals surface area contributed by atoms with E-state index >= 15 is 0 Å². The Morgan fingerprint density at radius 1 is 0.788 bits per heavy atom. The van der Waals surface area contributed by atoms with Gasteiger partial charge in [-0.05, 0) is 49.6 Å². The van der Waals surface area contributed by atoms with Crippen molar-refractivity contribution in [2.75, 3.05) is 0 Å². The molecule has 178 valence electrons. The van der Waals surface area contributed by atoms with Gasteiger partial charge in [0, 0.05) is 5.56 Å². The van der Waals surface area contributed by atoms with Crippen molar-refractivity contribution < 1.29 is 5.11 Å². The molecule has 0 amide bonds. The molecule has 0 aliphatic heterocycles. The first-order chi connectivity index (χ1) is 16.2. The predicted octanol–water partition coefficient (Wildman–Crippen LogP) is 8.54. The van der Waals surface area contributed by atoms with Gasteiger partial charge in [-0.25, -0.2) is 0 Å². The Balaban J connectivity index is 1.39. The van der Waals surface area contributed by atoms with Crippen LogP contribution in [-0.4, -0.2) is 20.1 Å². The van der Waals surface area contributed by atoms with Crippen LogP contribution in [0.4, 0.5) is 0 Å². The second-order valence-electron chi connectivity index (χ2n) is 9.28. The molecule has 0 saturated carbocycles. The van der Waals surface area contributed by atoms with Crippen LogP contribution < -0.4 is 0 Å². The molecule has 33 heavy (non-hydrogen) atoms. The molecule has 4 nitrogen and oxygen atoms in total. The van der Waals surface area contributed by atoms with Crippen molar-refractivity contribution in [2.45, 2.75) is 97.3 Å². The van der Waals surface area contributed by atoms with Gasteiger partial charge in [0.05, 0.1) is 0 Å². The van der Waals surface area contributed by atoms with E-state index < -0.39 is 0 Å². The van der Waals surface area contributed by atoms with E-state index in [2.05, 4.69) is 23.2 Å². The number of aryl methyl sites for hydroxylation is 1. The fourth-order valence-corrected chi connectivity index (χ4v) is 4.35. The molecular formula is C29H41N3O. The Morgan fingerprint density at radius 2 is 1.33 bits per heavy atom. The van der Waals surface area contributed by atoms with E-state index in [9.17, 15) is 5.11 Å². The number of hydrogen-bond acceptors (Lipinski definition) is 3. The van der Waals surface area contributed by atoms with Gasteiger partial charge in [-0.15, -0.1) is 15.0 Å². The Bertz CT molecular complexity index is 972. The summed E-state index contributed by atoms with van der Waals surface area (Å²) in [6, 6.07) is 11.7. The molecule has 1 heterocycles. The second kappa shape index (κ2) is 13.8. The number of phenolic OH excluding ortho intramolecular Hbond substituents is 1. The number of aromatic hydroxyl groups is 1.